The van der Waals surface area contributed by atoms with Crippen molar-refractivity contribution in [2.24, 2.45) is 0 Å². The van der Waals surface area contributed by atoms with Gasteiger partial charge in [0, 0.05) is 17.3 Å². The first-order valence-electron chi connectivity index (χ1n) is 6.65. The van der Waals surface area contributed by atoms with Crippen LogP contribution in [0.2, 0.25) is 5.02 Å². The van der Waals surface area contributed by atoms with Crippen LogP contribution >= 0.6 is 11.6 Å². The van der Waals surface area contributed by atoms with Crippen molar-refractivity contribution in [3.8, 4) is 0 Å². The Labute approximate surface area is 121 Å². The highest BCUT2D eigenvalue weighted by molar-refractivity contribution is 7.91. The minimum absolute atomic E-state index is 0.207. The average molecular weight is 304 g/mol. The molecule has 0 fully saturated rings. The zero-order valence-corrected chi connectivity index (χ0v) is 13.1. The molecule has 0 bridgehead atoms. The third-order valence-corrected chi connectivity index (χ3v) is 5.19. The van der Waals surface area contributed by atoms with Gasteiger partial charge in [0.25, 0.3) is 0 Å². The van der Waals surface area contributed by atoms with E-state index in [1.54, 1.807) is 6.92 Å². The number of nitrogens with one attached hydrogen (secondary N) is 1. The lowest BCUT2D eigenvalue weighted by Crippen LogP contribution is -2.23. The van der Waals surface area contributed by atoms with Crippen LogP contribution in [0.25, 0.3) is 0 Å². The second kappa shape index (κ2) is 7.88. The van der Waals surface area contributed by atoms with Gasteiger partial charge in [-0.3, -0.25) is 0 Å². The molecule has 1 aromatic rings. The Balaban J connectivity index is 2.74. The SMILES string of the molecule is CCNCC(CCS(=O)(=O)CC)c1ccc(Cl)cc1. The molecule has 0 aromatic heterocycles. The van der Waals surface area contributed by atoms with E-state index in [1.807, 2.05) is 31.2 Å². The first kappa shape index (κ1) is 16.5. The number of sulfone groups is 1. The summed E-state index contributed by atoms with van der Waals surface area (Å²) in [4.78, 5) is 0. The van der Waals surface area contributed by atoms with Crippen molar-refractivity contribution in [3.05, 3.63) is 34.9 Å². The van der Waals surface area contributed by atoms with Gasteiger partial charge in [0.2, 0.25) is 0 Å². The Kier molecular flexibility index (Phi) is 6.83. The van der Waals surface area contributed by atoms with E-state index >= 15 is 0 Å². The van der Waals surface area contributed by atoms with Crippen molar-refractivity contribution in [2.45, 2.75) is 26.2 Å². The summed E-state index contributed by atoms with van der Waals surface area (Å²) < 4.78 is 23.2. The summed E-state index contributed by atoms with van der Waals surface area (Å²) in [6.07, 6.45) is 0.644. The van der Waals surface area contributed by atoms with Crippen molar-refractivity contribution in [2.75, 3.05) is 24.6 Å². The van der Waals surface area contributed by atoms with Gasteiger partial charge in [-0.05, 0) is 36.6 Å². The molecule has 1 N–H and O–H groups in total. The van der Waals surface area contributed by atoms with E-state index < -0.39 is 9.84 Å². The summed E-state index contributed by atoms with van der Waals surface area (Å²) in [5, 5.41) is 3.99. The maximum absolute atomic E-state index is 11.6. The number of hydrogen-bond acceptors (Lipinski definition) is 3. The van der Waals surface area contributed by atoms with Gasteiger partial charge < -0.3 is 5.32 Å². The van der Waals surface area contributed by atoms with E-state index in [1.165, 1.54) is 0 Å². The number of hydrogen-bond donors (Lipinski definition) is 1. The van der Waals surface area contributed by atoms with Crippen molar-refractivity contribution in [1.29, 1.82) is 0 Å². The van der Waals surface area contributed by atoms with E-state index in [0.717, 1.165) is 18.7 Å². The third kappa shape index (κ3) is 5.93. The molecular weight excluding hydrogens is 282 g/mol. The summed E-state index contributed by atoms with van der Waals surface area (Å²) in [5.74, 6) is 0.655. The molecule has 0 aliphatic carbocycles. The van der Waals surface area contributed by atoms with Crippen molar-refractivity contribution in [3.63, 3.8) is 0 Å². The van der Waals surface area contributed by atoms with Crippen molar-refractivity contribution >= 4 is 21.4 Å². The third-order valence-electron chi connectivity index (χ3n) is 3.20. The van der Waals surface area contributed by atoms with Gasteiger partial charge in [0.1, 0.15) is 9.84 Å². The lowest BCUT2D eigenvalue weighted by Gasteiger charge is -2.17. The lowest BCUT2D eigenvalue weighted by atomic mass is 9.96. The van der Waals surface area contributed by atoms with Crippen LogP contribution in [-0.4, -0.2) is 33.0 Å². The fraction of sp³-hybridized carbons (Fsp3) is 0.571. The van der Waals surface area contributed by atoms with Crippen LogP contribution in [-0.2, 0) is 9.84 Å². The quantitative estimate of drug-likeness (QED) is 0.803. The summed E-state index contributed by atoms with van der Waals surface area (Å²) in [5.41, 5.74) is 1.14. The second-order valence-corrected chi connectivity index (χ2v) is 7.49. The topological polar surface area (TPSA) is 46.2 Å². The Morgan fingerprint density at radius 1 is 1.21 bits per heavy atom. The predicted octanol–water partition coefficient (Wildman–Crippen LogP) is 2.86. The molecule has 108 valence electrons. The molecule has 3 nitrogen and oxygen atoms in total. The Morgan fingerprint density at radius 2 is 1.84 bits per heavy atom. The van der Waals surface area contributed by atoms with E-state index in [4.69, 9.17) is 11.6 Å². The highest BCUT2D eigenvalue weighted by Crippen LogP contribution is 2.22. The lowest BCUT2D eigenvalue weighted by molar-refractivity contribution is 0.564. The molecule has 0 radical (unpaired) electrons. The van der Waals surface area contributed by atoms with Crippen LogP contribution in [0.5, 0.6) is 0 Å². The fourth-order valence-electron chi connectivity index (χ4n) is 1.91. The number of rotatable bonds is 8. The molecule has 1 aromatic carbocycles. The molecule has 0 spiro atoms. The van der Waals surface area contributed by atoms with Crippen LogP contribution in [0, 0.1) is 0 Å². The molecule has 1 unspecified atom stereocenters. The molecule has 1 atom stereocenters. The van der Waals surface area contributed by atoms with Crippen LogP contribution in [0.1, 0.15) is 31.7 Å². The van der Waals surface area contributed by atoms with Gasteiger partial charge in [0.15, 0.2) is 0 Å². The zero-order chi connectivity index (χ0) is 14.3. The molecule has 19 heavy (non-hydrogen) atoms. The summed E-state index contributed by atoms with van der Waals surface area (Å²) in [6, 6.07) is 7.65. The van der Waals surface area contributed by atoms with E-state index in [2.05, 4.69) is 5.32 Å². The van der Waals surface area contributed by atoms with Gasteiger partial charge in [-0.15, -0.1) is 0 Å². The minimum atomic E-state index is -2.91. The van der Waals surface area contributed by atoms with E-state index in [0.29, 0.717) is 11.4 Å². The average Bonchev–Trinajstić information content (AvgIpc) is 2.40. The standard InChI is InChI=1S/C14H22ClNO2S/c1-3-16-11-13(9-10-19(17,18)4-2)12-5-7-14(15)8-6-12/h5-8,13,16H,3-4,9-11H2,1-2H3. The summed E-state index contributed by atoms with van der Waals surface area (Å²) in [6.45, 7) is 5.40. The van der Waals surface area contributed by atoms with Crippen LogP contribution in [0.4, 0.5) is 0 Å². The summed E-state index contributed by atoms with van der Waals surface area (Å²) >= 11 is 5.88. The van der Waals surface area contributed by atoms with Crippen molar-refractivity contribution in [1.82, 2.24) is 5.32 Å². The van der Waals surface area contributed by atoms with Gasteiger partial charge in [-0.1, -0.05) is 37.6 Å². The van der Waals surface area contributed by atoms with Gasteiger partial charge in [0.05, 0.1) is 5.75 Å². The fourth-order valence-corrected chi connectivity index (χ4v) is 2.96. The molecule has 0 saturated heterocycles. The zero-order valence-electron chi connectivity index (χ0n) is 11.5. The number of likely N-dealkylation sites (N-methyl/N-ethyl adjacent to an activating group) is 1. The first-order chi connectivity index (χ1) is 8.98. The molecule has 0 heterocycles. The van der Waals surface area contributed by atoms with Gasteiger partial charge in [-0.2, -0.15) is 0 Å². The molecular formula is C14H22ClNO2S. The van der Waals surface area contributed by atoms with Crippen molar-refractivity contribution < 1.29 is 8.42 Å². The van der Waals surface area contributed by atoms with Crippen LogP contribution in [0.15, 0.2) is 24.3 Å². The Hall–Kier alpha value is -0.580. The number of halogens is 1. The number of benzene rings is 1. The Morgan fingerprint density at radius 3 is 2.37 bits per heavy atom. The molecule has 0 amide bonds. The second-order valence-electron chi connectivity index (χ2n) is 4.58. The predicted molar refractivity (Wildman–Crippen MR) is 81.7 cm³/mol. The molecule has 0 saturated carbocycles. The monoisotopic (exact) mass is 303 g/mol. The van der Waals surface area contributed by atoms with Crippen LogP contribution < -0.4 is 5.32 Å². The molecule has 5 heteroatoms. The maximum atomic E-state index is 11.6. The molecule has 1 rings (SSSR count). The van der Waals surface area contributed by atoms with E-state index in [9.17, 15) is 8.42 Å². The first-order valence-corrected chi connectivity index (χ1v) is 8.85. The normalized spacial score (nSPS) is 13.4. The largest absolute Gasteiger partial charge is 0.316 e. The Bertz CT molecular complexity index is 471. The highest BCUT2D eigenvalue weighted by atomic mass is 35.5. The smallest absolute Gasteiger partial charge is 0.150 e. The van der Waals surface area contributed by atoms with Gasteiger partial charge in [-0.25, -0.2) is 8.42 Å². The molecule has 0 aliphatic rings. The minimum Gasteiger partial charge on any atom is -0.316 e. The molecule has 0 aliphatic heterocycles. The van der Waals surface area contributed by atoms with Gasteiger partial charge >= 0.3 is 0 Å². The highest BCUT2D eigenvalue weighted by Gasteiger charge is 2.15. The van der Waals surface area contributed by atoms with Crippen LogP contribution in [0.3, 0.4) is 0 Å². The maximum Gasteiger partial charge on any atom is 0.150 e. The summed E-state index contributed by atoms with van der Waals surface area (Å²) in [7, 11) is -2.91. The van der Waals surface area contributed by atoms with E-state index in [-0.39, 0.29) is 17.4 Å².